The zero-order chi connectivity index (χ0) is 22.4. The van der Waals surface area contributed by atoms with Crippen molar-refractivity contribution in [2.45, 2.75) is 19.5 Å². The van der Waals surface area contributed by atoms with Crippen molar-refractivity contribution in [3.8, 4) is 23.0 Å². The lowest BCUT2D eigenvalue weighted by Crippen LogP contribution is -2.19. The van der Waals surface area contributed by atoms with Crippen LogP contribution in [0.2, 0.25) is 0 Å². The van der Waals surface area contributed by atoms with E-state index in [1.54, 1.807) is 37.3 Å². The van der Waals surface area contributed by atoms with Gasteiger partial charge in [0.15, 0.2) is 5.82 Å². The summed E-state index contributed by atoms with van der Waals surface area (Å²) < 4.78 is 42.8. The van der Waals surface area contributed by atoms with Crippen molar-refractivity contribution in [1.29, 1.82) is 0 Å². The third-order valence-electron chi connectivity index (χ3n) is 4.26. The third kappa shape index (κ3) is 4.98. The van der Waals surface area contributed by atoms with Gasteiger partial charge in [0, 0.05) is 42.6 Å². The minimum atomic E-state index is -4.78. The van der Waals surface area contributed by atoms with Crippen LogP contribution >= 0.6 is 0 Å². The smallest absolute Gasteiger partial charge is 0.385 e. The molecule has 0 saturated heterocycles. The number of hydrogen-bond acceptors (Lipinski definition) is 5. The van der Waals surface area contributed by atoms with Crippen LogP contribution in [0.5, 0.6) is 0 Å². The first-order valence-corrected chi connectivity index (χ1v) is 9.30. The fourth-order valence-corrected chi connectivity index (χ4v) is 2.88. The van der Waals surface area contributed by atoms with E-state index < -0.39 is 17.6 Å². The molecule has 158 valence electrons. The Morgan fingerprint density at radius 2 is 1.77 bits per heavy atom. The molecule has 0 aliphatic carbocycles. The van der Waals surface area contributed by atoms with E-state index in [1.807, 2.05) is 0 Å². The van der Waals surface area contributed by atoms with E-state index in [0.717, 1.165) is 0 Å². The molecule has 2 N–H and O–H groups in total. The minimum absolute atomic E-state index is 0.0749. The average molecular weight is 425 g/mol. The molecule has 2 aromatic heterocycles. The van der Waals surface area contributed by atoms with Crippen LogP contribution in [0.1, 0.15) is 30.2 Å². The van der Waals surface area contributed by atoms with Crippen molar-refractivity contribution in [2.75, 3.05) is 17.7 Å². The number of hydrogen-bond donors (Lipinski definition) is 2. The number of carbonyl (C=O) groups is 1. The average Bonchev–Trinajstić information content (AvgIpc) is 2.77. The fourth-order valence-electron chi connectivity index (χ4n) is 2.88. The standard InChI is InChI=1S/C22H18F3N5O/c1-3-17(31)30-21-20(26-2)19(22(23,24)25)18(15-11-27-13-28-12-15)16(29-21)10-9-14-7-5-4-6-8-14/h4-8,11-13,26H,3H2,1-2H3,(H,29,30,31). The predicted molar refractivity (Wildman–Crippen MR) is 111 cm³/mol. The number of nitrogens with zero attached hydrogens (tertiary/aromatic N) is 3. The van der Waals surface area contributed by atoms with Crippen LogP contribution in [0.25, 0.3) is 11.1 Å². The first-order chi connectivity index (χ1) is 14.8. The van der Waals surface area contributed by atoms with Gasteiger partial charge in [0.25, 0.3) is 0 Å². The predicted octanol–water partition coefficient (Wildman–Crippen LogP) is 4.35. The first kappa shape index (κ1) is 21.8. The van der Waals surface area contributed by atoms with Crippen LogP contribution in [0.3, 0.4) is 0 Å². The van der Waals surface area contributed by atoms with Crippen LogP contribution in [0.4, 0.5) is 24.7 Å². The van der Waals surface area contributed by atoms with Crippen LogP contribution in [-0.2, 0) is 11.0 Å². The molecule has 0 saturated carbocycles. The summed E-state index contributed by atoms with van der Waals surface area (Å²) in [7, 11) is 1.33. The molecule has 0 aliphatic heterocycles. The second kappa shape index (κ2) is 9.26. The van der Waals surface area contributed by atoms with Crippen LogP contribution in [-0.4, -0.2) is 27.9 Å². The molecule has 1 aromatic carbocycles. The number of rotatable bonds is 4. The van der Waals surface area contributed by atoms with Gasteiger partial charge in [0.1, 0.15) is 12.0 Å². The van der Waals surface area contributed by atoms with Gasteiger partial charge in [-0.05, 0) is 18.1 Å². The largest absolute Gasteiger partial charge is 0.419 e. The highest BCUT2D eigenvalue weighted by Gasteiger charge is 2.40. The second-order valence-corrected chi connectivity index (χ2v) is 6.33. The molecule has 0 unspecified atom stereocenters. The van der Waals surface area contributed by atoms with Crippen molar-refractivity contribution in [2.24, 2.45) is 0 Å². The molecule has 0 radical (unpaired) electrons. The number of nitrogens with one attached hydrogen (secondary N) is 2. The van der Waals surface area contributed by atoms with Crippen LogP contribution in [0.15, 0.2) is 49.1 Å². The molecular weight excluding hydrogens is 407 g/mol. The van der Waals surface area contributed by atoms with Crippen molar-refractivity contribution in [3.05, 3.63) is 65.9 Å². The summed E-state index contributed by atoms with van der Waals surface area (Å²) in [5.74, 6) is 4.83. The van der Waals surface area contributed by atoms with Gasteiger partial charge in [0.2, 0.25) is 5.91 Å². The van der Waals surface area contributed by atoms with Crippen molar-refractivity contribution >= 4 is 17.4 Å². The number of pyridine rings is 1. The summed E-state index contributed by atoms with van der Waals surface area (Å²) in [6.07, 6.45) is -0.964. The lowest BCUT2D eigenvalue weighted by atomic mass is 9.97. The Kier molecular flexibility index (Phi) is 6.50. The van der Waals surface area contributed by atoms with Crippen LogP contribution < -0.4 is 10.6 Å². The van der Waals surface area contributed by atoms with Gasteiger partial charge < -0.3 is 10.6 Å². The van der Waals surface area contributed by atoms with Gasteiger partial charge in [-0.1, -0.05) is 31.0 Å². The summed E-state index contributed by atoms with van der Waals surface area (Å²) in [5, 5.41) is 4.95. The quantitative estimate of drug-likeness (QED) is 0.608. The molecule has 0 fully saturated rings. The van der Waals surface area contributed by atoms with E-state index in [0.29, 0.717) is 5.56 Å². The van der Waals surface area contributed by atoms with Gasteiger partial charge in [0.05, 0.1) is 11.3 Å². The molecule has 0 bridgehead atoms. The molecule has 2 heterocycles. The Labute approximate surface area is 177 Å². The summed E-state index contributed by atoms with van der Waals surface area (Å²) >= 11 is 0. The van der Waals surface area contributed by atoms with Gasteiger partial charge in [-0.25, -0.2) is 15.0 Å². The van der Waals surface area contributed by atoms with Gasteiger partial charge >= 0.3 is 6.18 Å². The summed E-state index contributed by atoms with van der Waals surface area (Å²) in [5.41, 5.74) is -1.09. The molecule has 3 aromatic rings. The number of aromatic nitrogens is 3. The Balaban J connectivity index is 2.37. The molecule has 0 atom stereocenters. The van der Waals surface area contributed by atoms with E-state index in [2.05, 4.69) is 37.4 Å². The van der Waals surface area contributed by atoms with Gasteiger partial charge in [-0.3, -0.25) is 4.79 Å². The highest BCUT2D eigenvalue weighted by molar-refractivity contribution is 5.95. The fraction of sp³-hybridized carbons (Fsp3) is 0.182. The van der Waals surface area contributed by atoms with E-state index in [9.17, 15) is 18.0 Å². The summed E-state index contributed by atoms with van der Waals surface area (Å²) in [6.45, 7) is 1.59. The number of amides is 1. The maximum Gasteiger partial charge on any atom is 0.419 e. The van der Waals surface area contributed by atoms with Crippen molar-refractivity contribution < 1.29 is 18.0 Å². The topological polar surface area (TPSA) is 79.8 Å². The zero-order valence-corrected chi connectivity index (χ0v) is 16.7. The summed E-state index contributed by atoms with van der Waals surface area (Å²) in [4.78, 5) is 23.9. The second-order valence-electron chi connectivity index (χ2n) is 6.33. The van der Waals surface area contributed by atoms with Gasteiger partial charge in [-0.15, -0.1) is 0 Å². The van der Waals surface area contributed by atoms with Crippen molar-refractivity contribution in [1.82, 2.24) is 15.0 Å². The molecule has 0 aliphatic rings. The molecule has 3 rings (SSSR count). The molecular formula is C22H18F3N5O. The Morgan fingerprint density at radius 3 is 2.35 bits per heavy atom. The lowest BCUT2D eigenvalue weighted by molar-refractivity contribution is -0.136. The Hall–Kier alpha value is -3.93. The third-order valence-corrected chi connectivity index (χ3v) is 4.26. The maximum absolute atomic E-state index is 14.3. The molecule has 6 nitrogen and oxygen atoms in total. The highest BCUT2D eigenvalue weighted by atomic mass is 19.4. The summed E-state index contributed by atoms with van der Waals surface area (Å²) in [6, 6.07) is 8.79. The number of alkyl halides is 3. The Bertz CT molecular complexity index is 1140. The van der Waals surface area contributed by atoms with Crippen molar-refractivity contribution in [3.63, 3.8) is 0 Å². The van der Waals surface area contributed by atoms with E-state index in [4.69, 9.17) is 0 Å². The highest BCUT2D eigenvalue weighted by Crippen LogP contribution is 2.45. The minimum Gasteiger partial charge on any atom is -0.385 e. The molecule has 1 amide bonds. The lowest BCUT2D eigenvalue weighted by Gasteiger charge is -2.21. The van der Waals surface area contributed by atoms with Crippen LogP contribution in [0, 0.1) is 11.8 Å². The molecule has 9 heteroatoms. The first-order valence-electron chi connectivity index (χ1n) is 9.30. The number of benzene rings is 1. The monoisotopic (exact) mass is 425 g/mol. The SMILES string of the molecule is CCC(=O)Nc1nc(C#Cc2ccccc2)c(-c2cncnc2)c(C(F)(F)F)c1NC. The number of anilines is 2. The van der Waals surface area contributed by atoms with E-state index >= 15 is 0 Å². The molecule has 31 heavy (non-hydrogen) atoms. The Morgan fingerprint density at radius 1 is 1.10 bits per heavy atom. The van der Waals surface area contributed by atoms with Gasteiger partial charge in [-0.2, -0.15) is 13.2 Å². The van der Waals surface area contributed by atoms with E-state index in [-0.39, 0.29) is 34.7 Å². The molecule has 0 spiro atoms. The van der Waals surface area contributed by atoms with E-state index in [1.165, 1.54) is 25.8 Å². The maximum atomic E-state index is 14.3. The normalized spacial score (nSPS) is 10.7. The zero-order valence-electron chi connectivity index (χ0n) is 16.7. The number of halogens is 3. The number of carbonyl (C=O) groups excluding carboxylic acids is 1.